The summed E-state index contributed by atoms with van der Waals surface area (Å²) in [5.41, 5.74) is 0. The molecule has 0 aromatic carbocycles. The molecule has 0 saturated carbocycles. The van der Waals surface area contributed by atoms with E-state index in [0.29, 0.717) is 0 Å². The van der Waals surface area contributed by atoms with Crippen LogP contribution in [0.4, 0.5) is 0 Å². The number of rotatable bonds is 0. The second kappa shape index (κ2) is 64.3. The first-order valence-electron chi connectivity index (χ1n) is 0.447. The van der Waals surface area contributed by atoms with Gasteiger partial charge in [0, 0.05) is 7.11 Å². The summed E-state index contributed by atoms with van der Waals surface area (Å²) in [6.45, 7) is 0. The first kappa shape index (κ1) is 23.0. The Morgan fingerprint density at radius 3 is 1.25 bits per heavy atom. The van der Waals surface area contributed by atoms with Crippen LogP contribution in [0.3, 0.4) is 0 Å². The van der Waals surface area contributed by atoms with E-state index < -0.39 is 0 Å². The predicted molar refractivity (Wildman–Crippen MR) is 19.5 cm³/mol. The Kier molecular flexibility index (Phi) is 371. The number of aliphatic hydroxyl groups excluding tert-OH is 1. The van der Waals surface area contributed by atoms with Gasteiger partial charge < -0.3 is 5.11 Å². The molecule has 0 bridgehead atoms. The molecule has 4 heavy (non-hydrogen) atoms. The minimum absolute atomic E-state index is 0. The number of hydrogen-bond acceptors (Lipinski definition) is 1. The summed E-state index contributed by atoms with van der Waals surface area (Å²) in [5, 5.41) is 7.00. The van der Waals surface area contributed by atoms with Gasteiger partial charge in [-0.3, -0.25) is 0 Å². The molecule has 0 rings (SSSR count). The van der Waals surface area contributed by atoms with Gasteiger partial charge in [-0.15, -0.1) is 0 Å². The predicted octanol–water partition coefficient (Wildman–Crippen LogP) is -4.84. The smallest absolute Gasteiger partial charge is 0.400 e. The zero-order chi connectivity index (χ0) is 2.00. The van der Waals surface area contributed by atoms with Crippen LogP contribution in [0.5, 0.6) is 0 Å². The molecule has 0 spiro atoms. The van der Waals surface area contributed by atoms with Gasteiger partial charge in [0.2, 0.25) is 0 Å². The molecule has 0 aliphatic carbocycles. The van der Waals surface area contributed by atoms with Gasteiger partial charge in [-0.2, -0.15) is 0 Å². The molecule has 0 heterocycles. The van der Waals surface area contributed by atoms with Crippen molar-refractivity contribution in [2.24, 2.45) is 0 Å². The van der Waals surface area contributed by atoms with Gasteiger partial charge in [-0.25, -0.2) is 0 Å². The van der Waals surface area contributed by atoms with Crippen molar-refractivity contribution in [2.45, 2.75) is 0 Å². The van der Waals surface area contributed by atoms with Gasteiger partial charge in [0.25, 0.3) is 0 Å². The average Bonchev–Trinajstić information content (AvgIpc) is 1.00. The molecule has 0 radical (unpaired) electrons. The number of aliphatic hydroxyl groups is 1. The van der Waals surface area contributed by atoms with E-state index in [4.69, 9.17) is 5.11 Å². The Morgan fingerprint density at radius 2 is 1.25 bits per heavy atom. The van der Waals surface area contributed by atoms with Gasteiger partial charge in [-0.1, -0.05) is 8.41 Å². The number of hydrogen-bond donors (Lipinski definition) is 1. The Bertz CT molecular complexity index is 8.00. The van der Waals surface area contributed by atoms with Crippen molar-refractivity contribution < 1.29 is 24.0 Å². The topological polar surface area (TPSA) is 20.2 Å². The largest absolute Gasteiger partial charge is 1.00 e. The van der Waals surface area contributed by atoms with Crippen LogP contribution in [-0.4, -0.2) is 20.6 Å². The molecule has 3 heteroatoms. The van der Waals surface area contributed by atoms with Gasteiger partial charge >= 0.3 is 18.9 Å². The van der Waals surface area contributed by atoms with Crippen molar-refractivity contribution in [3.8, 4) is 0 Å². The molecule has 0 fully saturated rings. The van der Waals surface area contributed by atoms with E-state index in [1.54, 1.807) is 0 Å². The maximum atomic E-state index is 7.00. The van der Waals surface area contributed by atoms with Gasteiger partial charge in [0.15, 0.2) is 0 Å². The summed E-state index contributed by atoms with van der Waals surface area (Å²) >= 11 is 0. The van der Waals surface area contributed by atoms with Gasteiger partial charge in [-0.05, 0) is 0 Å². The Balaban J connectivity index is -0.00000000500. The fraction of sp³-hybridized carbons (Fsp3) is 1.00. The molecule has 0 amide bonds. The Labute approximate surface area is 40.2 Å². The van der Waals surface area contributed by atoms with Crippen LogP contribution in [-0.2, 0) is 0 Å². The summed E-state index contributed by atoms with van der Waals surface area (Å²) in [6, 6.07) is 0. The van der Waals surface area contributed by atoms with E-state index >= 15 is 0 Å². The molecule has 0 atom stereocenters. The molecule has 0 aliphatic heterocycles. The summed E-state index contributed by atoms with van der Waals surface area (Å²) in [7, 11) is 1.00. The van der Waals surface area contributed by atoms with Crippen molar-refractivity contribution in [2.75, 3.05) is 7.11 Å². The van der Waals surface area contributed by atoms with Crippen LogP contribution in [0.15, 0.2) is 0 Å². The fourth-order valence-electron chi connectivity index (χ4n) is 0. The van der Waals surface area contributed by atoms with Crippen LogP contribution in [0.2, 0.25) is 0 Å². The third-order valence-corrected chi connectivity index (χ3v) is 0. The van der Waals surface area contributed by atoms with Crippen LogP contribution in [0.1, 0.15) is 0 Å². The molecule has 0 aliphatic rings. The molecule has 22 valence electrons. The first-order valence-corrected chi connectivity index (χ1v) is 0.447. The second-order valence-corrected chi connectivity index (χ2v) is 0. The fourth-order valence-corrected chi connectivity index (χ4v) is 0. The van der Waals surface area contributed by atoms with E-state index in [2.05, 4.69) is 0 Å². The second-order valence-electron chi connectivity index (χ2n) is 0. The van der Waals surface area contributed by atoms with E-state index in [1.807, 2.05) is 0 Å². The Hall–Kier alpha value is 0.622. The summed E-state index contributed by atoms with van der Waals surface area (Å²) in [4.78, 5) is 0. The summed E-state index contributed by atoms with van der Waals surface area (Å²) in [5.74, 6) is 0. The van der Waals surface area contributed by atoms with Crippen molar-refractivity contribution in [3.63, 3.8) is 0 Å². The quantitative estimate of drug-likeness (QED) is 0.275. The van der Waals surface area contributed by atoms with E-state index in [1.165, 1.54) is 0 Å². The van der Waals surface area contributed by atoms with Crippen LogP contribution in [0.25, 0.3) is 0 Å². The van der Waals surface area contributed by atoms with Crippen molar-refractivity contribution >= 4 is 8.41 Å². The molecule has 1 nitrogen and oxygen atoms in total. The van der Waals surface area contributed by atoms with Crippen molar-refractivity contribution in [1.82, 2.24) is 0 Å². The van der Waals surface area contributed by atoms with Crippen molar-refractivity contribution in [3.05, 3.63) is 0 Å². The molecule has 0 saturated heterocycles. The minimum atomic E-state index is 0. The normalized spacial score (nSPS) is 1.50. The van der Waals surface area contributed by atoms with Crippen molar-refractivity contribution in [1.29, 1.82) is 0 Å². The maximum Gasteiger partial charge on any atom is 1.00 e. The first-order chi connectivity index (χ1) is 1.00. The molecule has 0 aromatic rings. The molecular formula is CH8BLiO. The summed E-state index contributed by atoms with van der Waals surface area (Å²) < 4.78 is 0. The summed E-state index contributed by atoms with van der Waals surface area (Å²) in [6.07, 6.45) is 0. The SMILES string of the molecule is CO.[BH4-].[Li+]. The van der Waals surface area contributed by atoms with E-state index in [-0.39, 0.29) is 27.3 Å². The molecular weight excluding hydrogens is 45.8 g/mol. The zero-order valence-corrected chi connectivity index (χ0v) is 2.45. The molecule has 0 unspecified atom stereocenters. The molecule has 1 N–H and O–H groups in total. The Morgan fingerprint density at radius 1 is 1.25 bits per heavy atom. The van der Waals surface area contributed by atoms with Gasteiger partial charge in [0.1, 0.15) is 0 Å². The molecule has 0 aromatic heterocycles. The minimum Gasteiger partial charge on any atom is -0.400 e. The third kappa shape index (κ3) is 17.8. The monoisotopic (exact) mass is 54.1 g/mol. The average molecular weight is 53.8 g/mol. The van der Waals surface area contributed by atoms with Gasteiger partial charge in [0.05, 0.1) is 0 Å². The van der Waals surface area contributed by atoms with Crippen LogP contribution in [0, 0.1) is 0 Å². The van der Waals surface area contributed by atoms with E-state index in [0.717, 1.165) is 7.11 Å². The van der Waals surface area contributed by atoms with E-state index in [9.17, 15) is 0 Å². The zero-order valence-electron chi connectivity index (χ0n) is 2.45. The van der Waals surface area contributed by atoms with Crippen LogP contribution < -0.4 is 18.9 Å². The maximum absolute atomic E-state index is 7.00. The van der Waals surface area contributed by atoms with Crippen LogP contribution >= 0.6 is 0 Å². The third-order valence-electron chi connectivity index (χ3n) is 0. The standard InChI is InChI=1S/CH4O.BH4.Li/c1-2;;/h2H,1H3;1H4;/q;-1;+1.